The SMILES string of the molecule is CNCc1cc(C)nc(-c2cc(Br)cs2)n1. The Kier molecular flexibility index (Phi) is 3.68. The highest BCUT2D eigenvalue weighted by Gasteiger charge is 2.06. The summed E-state index contributed by atoms with van der Waals surface area (Å²) in [5.41, 5.74) is 2.02. The molecule has 0 atom stereocenters. The van der Waals surface area contributed by atoms with E-state index in [1.165, 1.54) is 0 Å². The van der Waals surface area contributed by atoms with Crippen molar-refractivity contribution in [2.75, 3.05) is 7.05 Å². The molecule has 0 saturated heterocycles. The van der Waals surface area contributed by atoms with E-state index in [0.717, 1.165) is 33.1 Å². The minimum Gasteiger partial charge on any atom is -0.314 e. The summed E-state index contributed by atoms with van der Waals surface area (Å²) in [7, 11) is 1.92. The molecule has 0 aliphatic rings. The number of nitrogens with one attached hydrogen (secondary N) is 1. The highest BCUT2D eigenvalue weighted by Crippen LogP contribution is 2.27. The topological polar surface area (TPSA) is 37.8 Å². The lowest BCUT2D eigenvalue weighted by molar-refractivity contribution is 0.785. The van der Waals surface area contributed by atoms with E-state index < -0.39 is 0 Å². The summed E-state index contributed by atoms with van der Waals surface area (Å²) in [5, 5.41) is 5.14. The predicted molar refractivity (Wildman–Crippen MR) is 70.5 cm³/mol. The molecular formula is C11H12BrN3S. The highest BCUT2D eigenvalue weighted by molar-refractivity contribution is 9.10. The Bertz CT molecular complexity index is 496. The lowest BCUT2D eigenvalue weighted by Gasteiger charge is -2.03. The largest absolute Gasteiger partial charge is 0.314 e. The van der Waals surface area contributed by atoms with Crippen LogP contribution in [0.4, 0.5) is 0 Å². The Morgan fingerprint density at radius 3 is 2.81 bits per heavy atom. The van der Waals surface area contributed by atoms with Crippen LogP contribution in [0.3, 0.4) is 0 Å². The van der Waals surface area contributed by atoms with Gasteiger partial charge in [-0.15, -0.1) is 11.3 Å². The zero-order chi connectivity index (χ0) is 11.5. The van der Waals surface area contributed by atoms with Crippen molar-refractivity contribution in [3.05, 3.63) is 33.4 Å². The van der Waals surface area contributed by atoms with Crippen molar-refractivity contribution in [1.29, 1.82) is 0 Å². The summed E-state index contributed by atoms with van der Waals surface area (Å²) in [5.74, 6) is 0.806. The molecule has 0 aliphatic carbocycles. The van der Waals surface area contributed by atoms with Crippen molar-refractivity contribution in [2.45, 2.75) is 13.5 Å². The lowest BCUT2D eigenvalue weighted by atomic mass is 10.3. The molecule has 0 fully saturated rings. The predicted octanol–water partition coefficient (Wildman–Crippen LogP) is 3.00. The fraction of sp³-hybridized carbons (Fsp3) is 0.273. The van der Waals surface area contributed by atoms with Gasteiger partial charge in [0.15, 0.2) is 5.82 Å². The Balaban J connectivity index is 2.40. The number of nitrogens with zero attached hydrogens (tertiary/aromatic N) is 2. The molecule has 2 heterocycles. The van der Waals surface area contributed by atoms with Crippen LogP contribution in [0.25, 0.3) is 10.7 Å². The van der Waals surface area contributed by atoms with Crippen LogP contribution in [0.5, 0.6) is 0 Å². The van der Waals surface area contributed by atoms with Crippen LogP contribution >= 0.6 is 27.3 Å². The van der Waals surface area contributed by atoms with Crippen molar-refractivity contribution < 1.29 is 0 Å². The van der Waals surface area contributed by atoms with Gasteiger partial charge in [0.2, 0.25) is 0 Å². The first-order chi connectivity index (χ1) is 7.69. The minimum absolute atomic E-state index is 0.767. The van der Waals surface area contributed by atoms with Crippen molar-refractivity contribution in [2.24, 2.45) is 0 Å². The van der Waals surface area contributed by atoms with Gasteiger partial charge in [0.25, 0.3) is 0 Å². The van der Waals surface area contributed by atoms with Crippen LogP contribution in [-0.4, -0.2) is 17.0 Å². The molecule has 0 saturated carbocycles. The lowest BCUT2D eigenvalue weighted by Crippen LogP contribution is -2.08. The molecule has 84 valence electrons. The Morgan fingerprint density at radius 1 is 1.38 bits per heavy atom. The first kappa shape index (κ1) is 11.7. The summed E-state index contributed by atoms with van der Waals surface area (Å²) in [6.07, 6.45) is 0. The van der Waals surface area contributed by atoms with Crippen LogP contribution in [0, 0.1) is 6.92 Å². The molecule has 0 bridgehead atoms. The van der Waals surface area contributed by atoms with Crippen LogP contribution in [0.1, 0.15) is 11.4 Å². The summed E-state index contributed by atoms with van der Waals surface area (Å²) in [4.78, 5) is 10.1. The molecule has 0 radical (unpaired) electrons. The Hall–Kier alpha value is -0.780. The van der Waals surface area contributed by atoms with E-state index in [4.69, 9.17) is 0 Å². The zero-order valence-electron chi connectivity index (χ0n) is 9.12. The Labute approximate surface area is 107 Å². The maximum Gasteiger partial charge on any atom is 0.169 e. The van der Waals surface area contributed by atoms with Gasteiger partial charge in [0.05, 0.1) is 10.6 Å². The molecule has 2 rings (SSSR count). The van der Waals surface area contributed by atoms with Gasteiger partial charge in [-0.2, -0.15) is 0 Å². The molecule has 0 aliphatic heterocycles. The van der Waals surface area contributed by atoms with Crippen LogP contribution in [0.15, 0.2) is 22.0 Å². The van der Waals surface area contributed by atoms with Gasteiger partial charge in [-0.3, -0.25) is 0 Å². The number of thiophene rings is 1. The smallest absolute Gasteiger partial charge is 0.169 e. The highest BCUT2D eigenvalue weighted by atomic mass is 79.9. The molecule has 1 N–H and O–H groups in total. The maximum atomic E-state index is 4.52. The second-order valence-electron chi connectivity index (χ2n) is 3.48. The molecule has 5 heteroatoms. The van der Waals surface area contributed by atoms with E-state index in [1.807, 2.05) is 31.5 Å². The van der Waals surface area contributed by atoms with E-state index in [2.05, 4.69) is 31.2 Å². The van der Waals surface area contributed by atoms with Crippen LogP contribution < -0.4 is 5.32 Å². The fourth-order valence-corrected chi connectivity index (χ4v) is 2.81. The minimum atomic E-state index is 0.767. The van der Waals surface area contributed by atoms with E-state index in [1.54, 1.807) is 11.3 Å². The van der Waals surface area contributed by atoms with Crippen LogP contribution in [-0.2, 0) is 6.54 Å². The molecule has 0 aromatic carbocycles. The number of aromatic nitrogens is 2. The standard InChI is InChI=1S/C11H12BrN3S/c1-7-3-9(5-13-2)15-11(14-7)10-4-8(12)6-16-10/h3-4,6,13H,5H2,1-2H3. The summed E-state index contributed by atoms with van der Waals surface area (Å²) in [6, 6.07) is 4.05. The fourth-order valence-electron chi connectivity index (χ4n) is 1.45. The van der Waals surface area contributed by atoms with Gasteiger partial charge in [-0.25, -0.2) is 9.97 Å². The number of rotatable bonds is 3. The third-order valence-corrected chi connectivity index (χ3v) is 3.74. The number of halogens is 1. The van der Waals surface area contributed by atoms with Gasteiger partial charge in [0, 0.05) is 22.1 Å². The first-order valence-corrected chi connectivity index (χ1v) is 6.60. The zero-order valence-corrected chi connectivity index (χ0v) is 11.5. The quantitative estimate of drug-likeness (QED) is 0.946. The molecule has 2 aromatic rings. The van der Waals surface area contributed by atoms with Crippen molar-refractivity contribution >= 4 is 27.3 Å². The van der Waals surface area contributed by atoms with Gasteiger partial charge < -0.3 is 5.32 Å². The van der Waals surface area contributed by atoms with Crippen molar-refractivity contribution in [3.8, 4) is 10.7 Å². The van der Waals surface area contributed by atoms with Crippen molar-refractivity contribution in [1.82, 2.24) is 15.3 Å². The molecular weight excluding hydrogens is 286 g/mol. The van der Waals surface area contributed by atoms with Crippen molar-refractivity contribution in [3.63, 3.8) is 0 Å². The average molecular weight is 298 g/mol. The van der Waals surface area contributed by atoms with Gasteiger partial charge in [-0.05, 0) is 42.0 Å². The Morgan fingerprint density at radius 2 is 2.19 bits per heavy atom. The molecule has 3 nitrogen and oxygen atoms in total. The maximum absolute atomic E-state index is 4.52. The molecule has 0 spiro atoms. The van der Waals surface area contributed by atoms with Crippen LogP contribution in [0.2, 0.25) is 0 Å². The van der Waals surface area contributed by atoms with Gasteiger partial charge in [-0.1, -0.05) is 0 Å². The van der Waals surface area contributed by atoms with Gasteiger partial charge >= 0.3 is 0 Å². The summed E-state index contributed by atoms with van der Waals surface area (Å²) in [6.45, 7) is 2.76. The second kappa shape index (κ2) is 5.03. The normalized spacial score (nSPS) is 10.7. The average Bonchev–Trinajstić information content (AvgIpc) is 2.64. The number of hydrogen-bond donors (Lipinski definition) is 1. The van der Waals surface area contributed by atoms with E-state index in [0.29, 0.717) is 0 Å². The van der Waals surface area contributed by atoms with E-state index in [9.17, 15) is 0 Å². The molecule has 2 aromatic heterocycles. The molecule has 16 heavy (non-hydrogen) atoms. The third kappa shape index (κ3) is 2.66. The summed E-state index contributed by atoms with van der Waals surface area (Å²) >= 11 is 5.09. The van der Waals surface area contributed by atoms with E-state index >= 15 is 0 Å². The second-order valence-corrected chi connectivity index (χ2v) is 5.31. The monoisotopic (exact) mass is 297 g/mol. The summed E-state index contributed by atoms with van der Waals surface area (Å²) < 4.78 is 1.08. The number of aryl methyl sites for hydroxylation is 1. The number of hydrogen-bond acceptors (Lipinski definition) is 4. The molecule has 0 amide bonds. The third-order valence-electron chi connectivity index (χ3n) is 2.05. The molecule has 0 unspecified atom stereocenters. The van der Waals surface area contributed by atoms with E-state index in [-0.39, 0.29) is 0 Å². The van der Waals surface area contributed by atoms with Gasteiger partial charge in [0.1, 0.15) is 0 Å². The first-order valence-electron chi connectivity index (χ1n) is 4.92.